The van der Waals surface area contributed by atoms with Crippen molar-refractivity contribution in [2.24, 2.45) is 5.14 Å². The molecule has 2 aromatic rings. The van der Waals surface area contributed by atoms with Crippen molar-refractivity contribution in [2.75, 3.05) is 6.54 Å². The summed E-state index contributed by atoms with van der Waals surface area (Å²) in [5, 5.41) is 5.07. The summed E-state index contributed by atoms with van der Waals surface area (Å²) in [5.74, 6) is 0.112. The van der Waals surface area contributed by atoms with E-state index in [0.717, 1.165) is 25.3 Å². The summed E-state index contributed by atoms with van der Waals surface area (Å²) in [5.41, 5.74) is 2.43. The Morgan fingerprint density at radius 2 is 1.72 bits per heavy atom. The van der Waals surface area contributed by atoms with E-state index in [2.05, 4.69) is 10.8 Å². The zero-order valence-corrected chi connectivity index (χ0v) is 15.2. The van der Waals surface area contributed by atoms with Crippen LogP contribution in [0.5, 0.6) is 0 Å². The number of hydrogen-bond donors (Lipinski definition) is 2. The number of primary sulfonamides is 1. The zero-order chi connectivity index (χ0) is 18.1. The Labute approximate surface area is 148 Å². The first kappa shape index (κ1) is 18.1. The highest BCUT2D eigenvalue weighted by Gasteiger charge is 2.23. The molecule has 3 rings (SSSR count). The Kier molecular flexibility index (Phi) is 4.97. The van der Waals surface area contributed by atoms with E-state index in [1.165, 1.54) is 29.3 Å². The number of hydrogen-bond acceptors (Lipinski definition) is 4. The third-order valence-electron chi connectivity index (χ3n) is 4.46. The van der Waals surface area contributed by atoms with E-state index in [9.17, 15) is 16.8 Å². The van der Waals surface area contributed by atoms with Gasteiger partial charge in [0.05, 0.1) is 9.79 Å². The number of nitrogens with two attached hydrogens (primary N) is 1. The molecule has 0 aliphatic heterocycles. The van der Waals surface area contributed by atoms with Crippen LogP contribution in [-0.4, -0.2) is 23.4 Å². The Morgan fingerprint density at radius 3 is 2.48 bits per heavy atom. The molecule has 0 heterocycles. The fraction of sp³-hybridized carbons (Fsp3) is 0.294. The number of sulfonamides is 2. The molecule has 0 unspecified atom stereocenters. The van der Waals surface area contributed by atoms with Crippen LogP contribution in [0.2, 0.25) is 0 Å². The van der Waals surface area contributed by atoms with Crippen molar-refractivity contribution >= 4 is 20.0 Å². The van der Waals surface area contributed by atoms with E-state index >= 15 is 0 Å². The average molecular weight is 380 g/mol. The van der Waals surface area contributed by atoms with Gasteiger partial charge in [0.1, 0.15) is 0 Å². The topological polar surface area (TPSA) is 106 Å². The molecule has 3 N–H and O–H groups in total. The maximum Gasteiger partial charge on any atom is 0.240 e. The van der Waals surface area contributed by atoms with Crippen molar-refractivity contribution in [2.45, 2.75) is 35.0 Å². The number of rotatable bonds is 5. The van der Waals surface area contributed by atoms with E-state index in [1.54, 1.807) is 0 Å². The maximum absolute atomic E-state index is 12.5. The largest absolute Gasteiger partial charge is 0.240 e. The van der Waals surface area contributed by atoms with Gasteiger partial charge in [0, 0.05) is 6.54 Å². The second-order valence-electron chi connectivity index (χ2n) is 6.16. The molecule has 1 aliphatic rings. The van der Waals surface area contributed by atoms with Crippen molar-refractivity contribution in [1.82, 2.24) is 4.72 Å². The number of aryl methyl sites for hydroxylation is 1. The van der Waals surface area contributed by atoms with Gasteiger partial charge in [-0.1, -0.05) is 30.3 Å². The molecule has 0 fully saturated rings. The van der Waals surface area contributed by atoms with Crippen LogP contribution in [0.4, 0.5) is 0 Å². The molecule has 1 atom stereocenters. The molecule has 0 saturated heterocycles. The predicted molar refractivity (Wildman–Crippen MR) is 95.1 cm³/mol. The molecule has 0 aromatic heterocycles. The summed E-state index contributed by atoms with van der Waals surface area (Å²) in [6, 6.07) is 13.1. The van der Waals surface area contributed by atoms with Crippen molar-refractivity contribution in [3.63, 3.8) is 0 Å². The van der Waals surface area contributed by atoms with Gasteiger partial charge in [0.2, 0.25) is 20.0 Å². The third kappa shape index (κ3) is 4.09. The summed E-state index contributed by atoms with van der Waals surface area (Å²) >= 11 is 0. The lowest BCUT2D eigenvalue weighted by molar-refractivity contribution is 0.529. The van der Waals surface area contributed by atoms with Crippen molar-refractivity contribution in [1.29, 1.82) is 0 Å². The first-order valence-electron chi connectivity index (χ1n) is 7.98. The monoisotopic (exact) mass is 380 g/mol. The zero-order valence-electron chi connectivity index (χ0n) is 13.6. The molecule has 134 valence electrons. The van der Waals surface area contributed by atoms with Crippen molar-refractivity contribution in [3.05, 3.63) is 59.7 Å². The van der Waals surface area contributed by atoms with E-state index in [1.807, 2.05) is 18.2 Å². The van der Waals surface area contributed by atoms with Gasteiger partial charge in [-0.15, -0.1) is 0 Å². The van der Waals surface area contributed by atoms with Gasteiger partial charge >= 0.3 is 0 Å². The first-order chi connectivity index (χ1) is 11.8. The van der Waals surface area contributed by atoms with Crippen LogP contribution in [0.25, 0.3) is 0 Å². The fourth-order valence-corrected chi connectivity index (χ4v) is 4.94. The van der Waals surface area contributed by atoms with Gasteiger partial charge in [0.25, 0.3) is 0 Å². The van der Waals surface area contributed by atoms with Crippen LogP contribution < -0.4 is 9.86 Å². The third-order valence-corrected chi connectivity index (χ3v) is 6.79. The summed E-state index contributed by atoms with van der Waals surface area (Å²) in [7, 11) is -7.77. The molecule has 2 aromatic carbocycles. The van der Waals surface area contributed by atoms with Gasteiger partial charge in [-0.2, -0.15) is 0 Å². The highest BCUT2D eigenvalue weighted by atomic mass is 32.2. The molecular formula is C17H20N2O4S2. The molecule has 0 radical (unpaired) electrons. The maximum atomic E-state index is 12.5. The van der Waals surface area contributed by atoms with Crippen molar-refractivity contribution < 1.29 is 16.8 Å². The Balaban J connectivity index is 1.80. The van der Waals surface area contributed by atoms with Crippen LogP contribution in [0.15, 0.2) is 58.3 Å². The van der Waals surface area contributed by atoms with Crippen LogP contribution in [0.1, 0.15) is 29.9 Å². The smallest absolute Gasteiger partial charge is 0.225 e. The lowest BCUT2D eigenvalue weighted by atomic mass is 9.83. The van der Waals surface area contributed by atoms with E-state index in [4.69, 9.17) is 5.14 Å². The minimum atomic E-state index is -3.95. The second-order valence-corrected chi connectivity index (χ2v) is 9.49. The number of benzene rings is 2. The number of nitrogens with one attached hydrogen (secondary N) is 1. The normalized spacial score (nSPS) is 17.9. The molecule has 6 nitrogen and oxygen atoms in total. The highest BCUT2D eigenvalue weighted by Crippen LogP contribution is 2.31. The van der Waals surface area contributed by atoms with Gasteiger partial charge in [-0.25, -0.2) is 26.7 Å². The van der Waals surface area contributed by atoms with E-state index < -0.39 is 20.0 Å². The predicted octanol–water partition coefficient (Wildman–Crippen LogP) is 1.73. The quantitative estimate of drug-likeness (QED) is 0.824. The molecule has 25 heavy (non-hydrogen) atoms. The summed E-state index contributed by atoms with van der Waals surface area (Å²) in [6.45, 7) is 0.277. The van der Waals surface area contributed by atoms with Gasteiger partial charge in [-0.05, 0) is 54.5 Å². The summed E-state index contributed by atoms with van der Waals surface area (Å²) < 4.78 is 50.5. The lowest BCUT2D eigenvalue weighted by Crippen LogP contribution is -2.30. The van der Waals surface area contributed by atoms with Crippen LogP contribution in [0, 0.1) is 0 Å². The van der Waals surface area contributed by atoms with E-state index in [-0.39, 0.29) is 22.3 Å². The molecule has 8 heteroatoms. The molecule has 0 spiro atoms. The molecule has 1 aliphatic carbocycles. The Hall–Kier alpha value is -1.74. The highest BCUT2D eigenvalue weighted by molar-refractivity contribution is 7.90. The standard InChI is InChI=1S/C17H20N2O4S2/c18-24(20,21)15-8-4-9-16(11-15)25(22,23)19-12-14-7-3-6-13-5-1-2-10-17(13)14/h1-2,4-5,8-11,14,19H,3,6-7,12H2,(H2,18,20,21)/t14-/m1/s1. The molecule has 0 bridgehead atoms. The Bertz CT molecular complexity index is 985. The average Bonchev–Trinajstić information content (AvgIpc) is 2.59. The van der Waals surface area contributed by atoms with E-state index in [0.29, 0.717) is 0 Å². The fourth-order valence-electron chi connectivity index (χ4n) is 3.18. The SMILES string of the molecule is NS(=O)(=O)c1cccc(S(=O)(=O)NC[C@H]2CCCc3ccccc32)c1. The molecular weight excluding hydrogens is 360 g/mol. The van der Waals surface area contributed by atoms with Crippen LogP contribution in [0.3, 0.4) is 0 Å². The first-order valence-corrected chi connectivity index (χ1v) is 11.0. The van der Waals surface area contributed by atoms with Crippen molar-refractivity contribution in [3.8, 4) is 0 Å². The lowest BCUT2D eigenvalue weighted by Gasteiger charge is -2.25. The minimum absolute atomic E-state index is 0.108. The van der Waals surface area contributed by atoms with Crippen LogP contribution in [-0.2, 0) is 26.5 Å². The molecule has 0 amide bonds. The van der Waals surface area contributed by atoms with Gasteiger partial charge in [0.15, 0.2) is 0 Å². The number of fused-ring (bicyclic) bond motifs is 1. The Morgan fingerprint density at radius 1 is 1.00 bits per heavy atom. The summed E-state index contributed by atoms with van der Waals surface area (Å²) in [4.78, 5) is -0.332. The summed E-state index contributed by atoms with van der Waals surface area (Å²) in [6.07, 6.45) is 2.94. The van der Waals surface area contributed by atoms with Gasteiger partial charge in [-0.3, -0.25) is 0 Å². The van der Waals surface area contributed by atoms with Crippen LogP contribution >= 0.6 is 0 Å². The minimum Gasteiger partial charge on any atom is -0.225 e. The van der Waals surface area contributed by atoms with Gasteiger partial charge < -0.3 is 0 Å². The second kappa shape index (κ2) is 6.87. The molecule has 0 saturated carbocycles.